The van der Waals surface area contributed by atoms with Crippen molar-refractivity contribution in [3.8, 4) is 0 Å². The quantitative estimate of drug-likeness (QED) is 0.817. The van der Waals surface area contributed by atoms with Crippen LogP contribution in [0.5, 0.6) is 0 Å². The molecule has 0 spiro atoms. The molecule has 1 fully saturated rings. The molecule has 120 valence electrons. The normalized spacial score (nSPS) is 17.4. The molecule has 1 heterocycles. The van der Waals surface area contributed by atoms with E-state index < -0.39 is 0 Å². The lowest BCUT2D eigenvalue weighted by Gasteiger charge is -2.25. The highest BCUT2D eigenvalue weighted by atomic mass is 19.1. The second-order valence-corrected chi connectivity index (χ2v) is 6.16. The van der Waals surface area contributed by atoms with E-state index in [4.69, 9.17) is 0 Å². The predicted molar refractivity (Wildman–Crippen MR) is 89.6 cm³/mol. The number of amides is 1. The Balaban J connectivity index is 1.59. The number of aryl methyl sites for hydroxylation is 1. The summed E-state index contributed by atoms with van der Waals surface area (Å²) in [5.41, 5.74) is 1.89. The van der Waals surface area contributed by atoms with Gasteiger partial charge in [-0.1, -0.05) is 48.5 Å². The fraction of sp³-hybridized carbons (Fsp3) is 0.350. The van der Waals surface area contributed by atoms with Gasteiger partial charge in [0, 0.05) is 19.0 Å². The van der Waals surface area contributed by atoms with Crippen LogP contribution in [0.4, 0.5) is 4.39 Å². The van der Waals surface area contributed by atoms with Crippen molar-refractivity contribution in [1.29, 1.82) is 0 Å². The molecule has 2 nitrogen and oxygen atoms in total. The van der Waals surface area contributed by atoms with Crippen LogP contribution in [0, 0.1) is 5.82 Å². The number of carbonyl (C=O) groups is 1. The van der Waals surface area contributed by atoms with Crippen molar-refractivity contribution in [3.63, 3.8) is 0 Å². The van der Waals surface area contributed by atoms with Crippen LogP contribution in [0.3, 0.4) is 0 Å². The molecule has 3 rings (SSSR count). The number of carbonyl (C=O) groups excluding carboxylic acids is 1. The zero-order valence-corrected chi connectivity index (χ0v) is 13.2. The third kappa shape index (κ3) is 3.98. The van der Waals surface area contributed by atoms with Crippen molar-refractivity contribution in [2.24, 2.45) is 0 Å². The summed E-state index contributed by atoms with van der Waals surface area (Å²) in [6.45, 7) is 0.827. The lowest BCUT2D eigenvalue weighted by atomic mass is 10.0. The monoisotopic (exact) mass is 311 g/mol. The molecule has 1 aliphatic heterocycles. The fourth-order valence-corrected chi connectivity index (χ4v) is 3.35. The van der Waals surface area contributed by atoms with Crippen LogP contribution in [-0.4, -0.2) is 23.4 Å². The number of nitrogens with zero attached hydrogens (tertiary/aromatic N) is 1. The van der Waals surface area contributed by atoms with E-state index in [0.29, 0.717) is 18.4 Å². The summed E-state index contributed by atoms with van der Waals surface area (Å²) in [6.07, 6.45) is 3.88. The molecule has 0 saturated carbocycles. The lowest BCUT2D eigenvalue weighted by Crippen LogP contribution is -2.36. The number of benzene rings is 2. The van der Waals surface area contributed by atoms with Crippen molar-refractivity contribution < 1.29 is 9.18 Å². The summed E-state index contributed by atoms with van der Waals surface area (Å²) in [6, 6.07) is 17.3. The molecule has 1 saturated heterocycles. The molecule has 1 atom stereocenters. The largest absolute Gasteiger partial charge is 0.339 e. The van der Waals surface area contributed by atoms with Gasteiger partial charge in [0.05, 0.1) is 0 Å². The summed E-state index contributed by atoms with van der Waals surface area (Å²) >= 11 is 0. The fourth-order valence-electron chi connectivity index (χ4n) is 3.35. The van der Waals surface area contributed by atoms with Crippen molar-refractivity contribution >= 4 is 5.91 Å². The number of halogens is 1. The van der Waals surface area contributed by atoms with Crippen LogP contribution in [0.2, 0.25) is 0 Å². The Labute approximate surface area is 136 Å². The molecule has 0 N–H and O–H groups in total. The van der Waals surface area contributed by atoms with Gasteiger partial charge in [0.1, 0.15) is 5.82 Å². The maximum atomic E-state index is 13.7. The van der Waals surface area contributed by atoms with E-state index in [9.17, 15) is 9.18 Å². The van der Waals surface area contributed by atoms with Crippen LogP contribution >= 0.6 is 0 Å². The lowest BCUT2D eigenvalue weighted by molar-refractivity contribution is -0.131. The zero-order valence-electron chi connectivity index (χ0n) is 13.2. The van der Waals surface area contributed by atoms with Gasteiger partial charge < -0.3 is 4.90 Å². The number of rotatable bonds is 5. The molecule has 0 bridgehead atoms. The molecular weight excluding hydrogens is 289 g/mol. The number of hydrogen-bond acceptors (Lipinski definition) is 1. The molecule has 1 aliphatic rings. The van der Waals surface area contributed by atoms with E-state index in [1.807, 2.05) is 29.2 Å². The Hall–Kier alpha value is -2.16. The van der Waals surface area contributed by atoms with Gasteiger partial charge >= 0.3 is 0 Å². The molecule has 2 aromatic rings. The Bertz CT molecular complexity index is 656. The molecule has 0 aliphatic carbocycles. The maximum absolute atomic E-state index is 13.7. The average Bonchev–Trinajstić information content (AvgIpc) is 3.03. The summed E-state index contributed by atoms with van der Waals surface area (Å²) in [5.74, 6) is -0.0748. The van der Waals surface area contributed by atoms with Crippen molar-refractivity contribution in [1.82, 2.24) is 4.90 Å². The minimum atomic E-state index is -0.220. The molecule has 2 aromatic carbocycles. The molecule has 1 unspecified atom stereocenters. The van der Waals surface area contributed by atoms with Crippen LogP contribution in [0.25, 0.3) is 0 Å². The summed E-state index contributed by atoms with van der Waals surface area (Å²) in [5, 5.41) is 0. The third-order valence-electron chi connectivity index (χ3n) is 4.58. The molecule has 23 heavy (non-hydrogen) atoms. The van der Waals surface area contributed by atoms with Crippen molar-refractivity contribution in [3.05, 3.63) is 71.5 Å². The van der Waals surface area contributed by atoms with Crippen LogP contribution in [0.15, 0.2) is 54.6 Å². The second-order valence-electron chi connectivity index (χ2n) is 6.16. The van der Waals surface area contributed by atoms with Gasteiger partial charge in [0.2, 0.25) is 5.91 Å². The second kappa shape index (κ2) is 7.40. The molecule has 1 amide bonds. The Morgan fingerprint density at radius 1 is 1.09 bits per heavy atom. The van der Waals surface area contributed by atoms with E-state index >= 15 is 0 Å². The first-order chi connectivity index (χ1) is 11.2. The van der Waals surface area contributed by atoms with Gasteiger partial charge in [-0.25, -0.2) is 4.39 Å². The summed E-state index contributed by atoms with van der Waals surface area (Å²) < 4.78 is 13.7. The standard InChI is InChI=1S/C20H22FNO/c21-19-11-5-4-9-17(19)12-13-20(23)22-14-6-10-18(22)15-16-7-2-1-3-8-16/h1-5,7-9,11,18H,6,10,12-15H2. The first kappa shape index (κ1) is 15.7. The Morgan fingerprint density at radius 2 is 1.83 bits per heavy atom. The van der Waals surface area contributed by atoms with Gasteiger partial charge in [-0.2, -0.15) is 0 Å². The van der Waals surface area contributed by atoms with E-state index in [0.717, 1.165) is 25.8 Å². The van der Waals surface area contributed by atoms with Gasteiger partial charge in [-0.15, -0.1) is 0 Å². The van der Waals surface area contributed by atoms with E-state index in [2.05, 4.69) is 12.1 Å². The van der Waals surface area contributed by atoms with Gasteiger partial charge in [0.15, 0.2) is 0 Å². The zero-order chi connectivity index (χ0) is 16.1. The summed E-state index contributed by atoms with van der Waals surface area (Å²) in [7, 11) is 0. The molecule has 0 radical (unpaired) electrons. The molecule has 3 heteroatoms. The van der Waals surface area contributed by atoms with Crippen LogP contribution < -0.4 is 0 Å². The van der Waals surface area contributed by atoms with Gasteiger partial charge in [-0.05, 0) is 42.9 Å². The predicted octanol–water partition coefficient (Wildman–Crippen LogP) is 3.99. The first-order valence-corrected chi connectivity index (χ1v) is 8.31. The Kier molecular flexibility index (Phi) is 5.06. The van der Waals surface area contributed by atoms with Crippen LogP contribution in [-0.2, 0) is 17.6 Å². The van der Waals surface area contributed by atoms with E-state index in [-0.39, 0.29) is 17.8 Å². The minimum absolute atomic E-state index is 0.145. The maximum Gasteiger partial charge on any atom is 0.223 e. The van der Waals surface area contributed by atoms with Crippen LogP contribution in [0.1, 0.15) is 30.4 Å². The third-order valence-corrected chi connectivity index (χ3v) is 4.58. The molecular formula is C20H22FNO. The SMILES string of the molecule is O=C(CCc1ccccc1F)N1CCCC1Cc1ccccc1. The molecule has 0 aromatic heterocycles. The highest BCUT2D eigenvalue weighted by Crippen LogP contribution is 2.22. The van der Waals surface area contributed by atoms with Gasteiger partial charge in [-0.3, -0.25) is 4.79 Å². The van der Waals surface area contributed by atoms with Crippen molar-refractivity contribution in [2.75, 3.05) is 6.54 Å². The average molecular weight is 311 g/mol. The summed E-state index contributed by atoms with van der Waals surface area (Å²) in [4.78, 5) is 14.5. The minimum Gasteiger partial charge on any atom is -0.339 e. The highest BCUT2D eigenvalue weighted by molar-refractivity contribution is 5.77. The van der Waals surface area contributed by atoms with Crippen molar-refractivity contribution in [2.45, 2.75) is 38.1 Å². The van der Waals surface area contributed by atoms with Gasteiger partial charge in [0.25, 0.3) is 0 Å². The van der Waals surface area contributed by atoms with E-state index in [1.54, 1.807) is 12.1 Å². The number of hydrogen-bond donors (Lipinski definition) is 0. The Morgan fingerprint density at radius 3 is 2.61 bits per heavy atom. The van der Waals surface area contributed by atoms with E-state index in [1.165, 1.54) is 11.6 Å². The topological polar surface area (TPSA) is 20.3 Å². The number of likely N-dealkylation sites (tertiary alicyclic amines) is 1. The first-order valence-electron chi connectivity index (χ1n) is 8.31. The highest BCUT2D eigenvalue weighted by Gasteiger charge is 2.28. The smallest absolute Gasteiger partial charge is 0.223 e.